The Bertz CT molecular complexity index is 1090. The Hall–Kier alpha value is -3.30. The summed E-state index contributed by atoms with van der Waals surface area (Å²) in [5.41, 5.74) is 3.18. The van der Waals surface area contributed by atoms with E-state index in [-0.39, 0.29) is 11.3 Å². The van der Waals surface area contributed by atoms with Crippen LogP contribution in [-0.4, -0.2) is 34.4 Å². The lowest BCUT2D eigenvalue weighted by atomic mass is 10.1. The number of aryl methyl sites for hydroxylation is 1. The van der Waals surface area contributed by atoms with Crippen LogP contribution in [0.2, 0.25) is 0 Å². The van der Waals surface area contributed by atoms with Crippen LogP contribution in [0.15, 0.2) is 54.3 Å². The maximum Gasteiger partial charge on any atom is 0.169 e. The maximum absolute atomic E-state index is 10.9. The highest BCUT2D eigenvalue weighted by atomic mass is 16.5. The van der Waals surface area contributed by atoms with Crippen molar-refractivity contribution in [3.63, 3.8) is 0 Å². The Labute approximate surface area is 170 Å². The fourth-order valence-corrected chi connectivity index (χ4v) is 3.76. The molecule has 6 heteroatoms. The van der Waals surface area contributed by atoms with Gasteiger partial charge in [0.15, 0.2) is 11.6 Å². The Morgan fingerprint density at radius 1 is 1.24 bits per heavy atom. The molecule has 0 spiro atoms. The van der Waals surface area contributed by atoms with E-state index in [0.717, 1.165) is 36.2 Å². The number of fused-ring (bicyclic) bond motifs is 1. The number of benzene rings is 2. The van der Waals surface area contributed by atoms with Crippen LogP contribution in [0.3, 0.4) is 0 Å². The van der Waals surface area contributed by atoms with Gasteiger partial charge in [-0.1, -0.05) is 12.1 Å². The molecule has 1 saturated carbocycles. The third-order valence-electron chi connectivity index (χ3n) is 5.55. The van der Waals surface area contributed by atoms with Crippen molar-refractivity contribution >= 4 is 16.6 Å². The molecule has 6 nitrogen and oxygen atoms in total. The zero-order valence-corrected chi connectivity index (χ0v) is 16.7. The first-order valence-corrected chi connectivity index (χ1v) is 9.82. The summed E-state index contributed by atoms with van der Waals surface area (Å²) in [4.78, 5) is 5.84. The average molecular weight is 389 g/mol. The molecule has 4 rings (SSSR count). The van der Waals surface area contributed by atoms with E-state index >= 15 is 0 Å². The van der Waals surface area contributed by atoms with Gasteiger partial charge in [0.05, 0.1) is 24.2 Å². The Kier molecular flexibility index (Phi) is 5.24. The van der Waals surface area contributed by atoms with Gasteiger partial charge in [0.25, 0.3) is 0 Å². The summed E-state index contributed by atoms with van der Waals surface area (Å²) >= 11 is 0. The largest absolute Gasteiger partial charge is 0.506 e. The molecule has 1 unspecified atom stereocenters. The van der Waals surface area contributed by atoms with Crippen LogP contribution in [-0.2, 0) is 13.6 Å². The van der Waals surface area contributed by atoms with Crippen LogP contribution >= 0.6 is 0 Å². The average Bonchev–Trinajstić information content (AvgIpc) is 3.54. The van der Waals surface area contributed by atoms with Crippen LogP contribution in [0.25, 0.3) is 16.6 Å². The van der Waals surface area contributed by atoms with E-state index in [1.54, 1.807) is 7.11 Å². The molecule has 1 fully saturated rings. The van der Waals surface area contributed by atoms with Gasteiger partial charge in [0.2, 0.25) is 0 Å². The predicted octanol–water partition coefficient (Wildman–Crippen LogP) is 2.62. The van der Waals surface area contributed by atoms with Crippen molar-refractivity contribution in [3.8, 4) is 11.8 Å². The molecular formula is C23H25N4O2+. The number of rotatable bonds is 7. The molecule has 29 heavy (non-hydrogen) atoms. The second kappa shape index (κ2) is 7.98. The number of aliphatic hydroxyl groups is 1. The quantitative estimate of drug-likeness (QED) is 0.481. The van der Waals surface area contributed by atoms with Crippen molar-refractivity contribution in [2.24, 2.45) is 7.05 Å². The van der Waals surface area contributed by atoms with Crippen molar-refractivity contribution in [1.29, 1.82) is 5.26 Å². The number of ether oxygens (including phenoxy) is 1. The molecule has 0 radical (unpaired) electrons. The van der Waals surface area contributed by atoms with E-state index in [1.165, 1.54) is 10.5 Å². The number of nitriles is 1. The van der Waals surface area contributed by atoms with E-state index in [0.29, 0.717) is 18.4 Å². The normalized spacial score (nSPS) is 15.6. The van der Waals surface area contributed by atoms with Crippen LogP contribution in [0.1, 0.15) is 24.2 Å². The molecule has 3 aromatic rings. The standard InChI is InChI=1S/C23H24N4O2/c1-26-21-6-4-3-5-20(21)25-23(26)19(13-24)22(28)15-27(17-9-10-17)14-16-7-11-18(29-2)12-8-16/h3-8,11-12,17,28H,9-10,14-15H2,1-2H3/p+1/b22-19-. The number of allylic oxidation sites excluding steroid dienone is 1. The molecule has 2 aromatic carbocycles. The van der Waals surface area contributed by atoms with Crippen LogP contribution in [0.5, 0.6) is 5.75 Å². The van der Waals surface area contributed by atoms with Crippen LogP contribution in [0, 0.1) is 11.3 Å². The van der Waals surface area contributed by atoms with Gasteiger partial charge in [-0.2, -0.15) is 5.26 Å². The van der Waals surface area contributed by atoms with Crippen molar-refractivity contribution in [2.45, 2.75) is 25.4 Å². The Morgan fingerprint density at radius 2 is 1.97 bits per heavy atom. The summed E-state index contributed by atoms with van der Waals surface area (Å²) in [5.74, 6) is 1.44. The third-order valence-corrected chi connectivity index (χ3v) is 5.55. The summed E-state index contributed by atoms with van der Waals surface area (Å²) in [6.45, 7) is 1.20. The molecule has 0 aliphatic heterocycles. The predicted molar refractivity (Wildman–Crippen MR) is 111 cm³/mol. The first kappa shape index (κ1) is 19.0. The second-order valence-electron chi connectivity index (χ2n) is 7.55. The Morgan fingerprint density at radius 3 is 2.59 bits per heavy atom. The molecule has 0 bridgehead atoms. The fourth-order valence-electron chi connectivity index (χ4n) is 3.76. The highest BCUT2D eigenvalue weighted by Crippen LogP contribution is 2.22. The van der Waals surface area contributed by atoms with E-state index in [2.05, 4.69) is 23.2 Å². The molecule has 1 heterocycles. The number of nitrogens with zero attached hydrogens (tertiary/aromatic N) is 3. The number of aromatic nitrogens is 2. The minimum Gasteiger partial charge on any atom is -0.506 e. The topological polar surface area (TPSA) is 75.5 Å². The summed E-state index contributed by atoms with van der Waals surface area (Å²) < 4.78 is 7.10. The lowest BCUT2D eigenvalue weighted by molar-refractivity contribution is -0.921. The number of hydrogen-bond donors (Lipinski definition) is 2. The van der Waals surface area contributed by atoms with Gasteiger partial charge in [-0.05, 0) is 36.4 Å². The van der Waals surface area contributed by atoms with Crippen molar-refractivity contribution < 1.29 is 14.7 Å². The number of imidazole rings is 1. The molecule has 0 saturated heterocycles. The minimum atomic E-state index is 0.0984. The first-order chi connectivity index (χ1) is 14.1. The smallest absolute Gasteiger partial charge is 0.169 e. The minimum absolute atomic E-state index is 0.0984. The number of nitrogens with one attached hydrogen (secondary N) is 1. The van der Waals surface area contributed by atoms with E-state index in [1.807, 2.05) is 48.0 Å². The zero-order valence-electron chi connectivity index (χ0n) is 16.7. The lowest BCUT2D eigenvalue weighted by Gasteiger charge is -2.19. The molecule has 1 aliphatic rings. The summed E-state index contributed by atoms with van der Waals surface area (Å²) in [6, 6.07) is 18.4. The first-order valence-electron chi connectivity index (χ1n) is 9.82. The number of quaternary nitrogens is 1. The number of methoxy groups -OCH3 is 1. The summed E-state index contributed by atoms with van der Waals surface area (Å²) in [6.07, 6.45) is 2.29. The molecule has 1 atom stereocenters. The van der Waals surface area contributed by atoms with Gasteiger partial charge in [-0.25, -0.2) is 4.98 Å². The molecule has 0 amide bonds. The van der Waals surface area contributed by atoms with E-state index in [9.17, 15) is 10.4 Å². The van der Waals surface area contributed by atoms with E-state index < -0.39 is 0 Å². The van der Waals surface area contributed by atoms with Gasteiger partial charge in [0.1, 0.15) is 30.5 Å². The van der Waals surface area contributed by atoms with Crippen molar-refractivity contribution in [3.05, 3.63) is 65.7 Å². The highest BCUT2D eigenvalue weighted by Gasteiger charge is 2.34. The molecule has 1 aromatic heterocycles. The molecule has 148 valence electrons. The monoisotopic (exact) mass is 389 g/mol. The van der Waals surface area contributed by atoms with Crippen molar-refractivity contribution in [1.82, 2.24) is 9.55 Å². The fraction of sp³-hybridized carbons (Fsp3) is 0.304. The Balaban J connectivity index is 1.60. The number of para-hydroxylation sites is 2. The van der Waals surface area contributed by atoms with Gasteiger partial charge in [-0.15, -0.1) is 0 Å². The SMILES string of the molecule is COc1ccc(C[NH+](C/C(O)=C(\C#N)c2nc3ccccc3n2C)C2CC2)cc1. The third kappa shape index (κ3) is 3.96. The molecular weight excluding hydrogens is 364 g/mol. The van der Waals surface area contributed by atoms with Gasteiger partial charge in [-0.3, -0.25) is 0 Å². The molecule has 1 aliphatic carbocycles. The maximum atomic E-state index is 10.9. The molecule has 2 N–H and O–H groups in total. The van der Waals surface area contributed by atoms with Gasteiger partial charge < -0.3 is 19.3 Å². The summed E-state index contributed by atoms with van der Waals surface area (Å²) in [7, 11) is 3.53. The summed E-state index contributed by atoms with van der Waals surface area (Å²) in [5, 5.41) is 20.7. The zero-order chi connectivity index (χ0) is 20.4. The van der Waals surface area contributed by atoms with Crippen molar-refractivity contribution in [2.75, 3.05) is 13.7 Å². The van der Waals surface area contributed by atoms with E-state index in [4.69, 9.17) is 4.74 Å². The van der Waals surface area contributed by atoms with Crippen LogP contribution in [0.4, 0.5) is 0 Å². The number of aliphatic hydroxyl groups excluding tert-OH is 1. The van der Waals surface area contributed by atoms with Gasteiger partial charge >= 0.3 is 0 Å². The second-order valence-corrected chi connectivity index (χ2v) is 7.55. The van der Waals surface area contributed by atoms with Crippen LogP contribution < -0.4 is 9.64 Å². The van der Waals surface area contributed by atoms with Gasteiger partial charge in [0, 0.05) is 25.5 Å². The number of hydrogen-bond acceptors (Lipinski definition) is 4. The lowest BCUT2D eigenvalue weighted by Crippen LogP contribution is -3.12. The highest BCUT2D eigenvalue weighted by molar-refractivity contribution is 5.83.